The number of rotatable bonds is 5. The monoisotopic (exact) mass is 386 g/mol. The summed E-state index contributed by atoms with van der Waals surface area (Å²) in [6.45, 7) is 8.05. The van der Waals surface area contributed by atoms with E-state index < -0.39 is 22.1 Å². The van der Waals surface area contributed by atoms with Gasteiger partial charge >= 0.3 is 12.1 Å². The van der Waals surface area contributed by atoms with Crippen molar-refractivity contribution < 1.29 is 24.3 Å². The zero-order valence-corrected chi connectivity index (χ0v) is 16.8. The second-order valence-corrected chi connectivity index (χ2v) is 8.06. The Morgan fingerprint density at radius 1 is 1.32 bits per heavy atom. The van der Waals surface area contributed by atoms with Crippen molar-refractivity contribution in [3.63, 3.8) is 0 Å². The van der Waals surface area contributed by atoms with Crippen molar-refractivity contribution in [2.75, 3.05) is 6.54 Å². The lowest BCUT2D eigenvalue weighted by molar-refractivity contribution is -0.906. The topological polar surface area (TPSA) is 92.4 Å². The number of hydrogen-bond donors (Lipinski definition) is 2. The number of nitrogens with zero attached hydrogens (tertiary/aromatic N) is 3. The van der Waals surface area contributed by atoms with Gasteiger partial charge in [-0.1, -0.05) is 25.1 Å². The number of aryl methyl sites for hydroxylation is 1. The third-order valence-corrected chi connectivity index (χ3v) is 6.62. The molecule has 0 bridgehead atoms. The predicted molar refractivity (Wildman–Crippen MR) is 104 cm³/mol. The molecular weight excluding hydrogens is 358 g/mol. The Labute approximate surface area is 164 Å². The summed E-state index contributed by atoms with van der Waals surface area (Å²) >= 11 is 0. The quantitative estimate of drug-likeness (QED) is 0.764. The van der Waals surface area contributed by atoms with Gasteiger partial charge < -0.3 is 10.2 Å². The number of hydrogen-bond acceptors (Lipinski definition) is 3. The SMILES string of the molecule is Cc1cccc(C(C)c2nccn2C[N+]2(C(=O)O)CCC[C@@]2(C)C(=O)O)c1C. The average Bonchev–Trinajstić information content (AvgIpc) is 3.23. The van der Waals surface area contributed by atoms with E-state index in [1.165, 1.54) is 11.1 Å². The van der Waals surface area contributed by atoms with Crippen LogP contribution >= 0.6 is 0 Å². The van der Waals surface area contributed by atoms with Gasteiger partial charge in [0.1, 0.15) is 5.82 Å². The lowest BCUT2D eigenvalue weighted by Crippen LogP contribution is -2.66. The molecular formula is C21H28N3O4+. The van der Waals surface area contributed by atoms with Crippen molar-refractivity contribution in [3.8, 4) is 0 Å². The molecule has 0 radical (unpaired) electrons. The first kappa shape index (κ1) is 20.1. The highest BCUT2D eigenvalue weighted by Gasteiger charge is 2.62. The minimum absolute atomic E-state index is 0.0394. The number of amides is 1. The molecule has 1 aromatic heterocycles. The second-order valence-electron chi connectivity index (χ2n) is 8.06. The van der Waals surface area contributed by atoms with Gasteiger partial charge in [0.05, 0.1) is 6.54 Å². The van der Waals surface area contributed by atoms with Gasteiger partial charge in [-0.3, -0.25) is 4.57 Å². The minimum atomic E-state index is -1.37. The molecule has 2 unspecified atom stereocenters. The molecule has 0 saturated carbocycles. The molecule has 2 heterocycles. The second kappa shape index (κ2) is 7.05. The van der Waals surface area contributed by atoms with Gasteiger partial charge in [-0.15, -0.1) is 0 Å². The third-order valence-electron chi connectivity index (χ3n) is 6.62. The van der Waals surface area contributed by atoms with Crippen LogP contribution in [0.2, 0.25) is 0 Å². The van der Waals surface area contributed by atoms with E-state index in [1.807, 2.05) is 17.6 Å². The predicted octanol–water partition coefficient (Wildman–Crippen LogP) is 3.74. The number of aromatic nitrogens is 2. The van der Waals surface area contributed by atoms with Crippen molar-refractivity contribution in [1.29, 1.82) is 0 Å². The fourth-order valence-corrected chi connectivity index (χ4v) is 4.50. The zero-order chi connectivity index (χ0) is 20.7. The standard InChI is InChI=1S/C21H27N3O4/c1-14-7-5-8-17(15(14)2)16(3)18-22-10-11-23(18)13-24(20(27)28)12-6-9-21(24,4)19(25)26/h5,7-8,10-11,16H,6,9,12-13H2,1-4H3,(H-,25,26,27,28)/p+1/t16?,21-,24?/m0/s1. The number of carboxylic acid groups (broad SMARTS) is 2. The Kier molecular flexibility index (Phi) is 5.06. The van der Waals surface area contributed by atoms with E-state index >= 15 is 0 Å². The summed E-state index contributed by atoms with van der Waals surface area (Å²) in [5.41, 5.74) is 2.14. The molecule has 3 atom stereocenters. The average molecular weight is 386 g/mol. The minimum Gasteiger partial charge on any atom is -0.477 e. The zero-order valence-electron chi connectivity index (χ0n) is 16.8. The lowest BCUT2D eigenvalue weighted by atomic mass is 9.93. The summed E-state index contributed by atoms with van der Waals surface area (Å²) in [4.78, 5) is 28.8. The number of benzene rings is 1. The number of carbonyl (C=O) groups is 2. The molecule has 1 fully saturated rings. The molecule has 1 saturated heterocycles. The van der Waals surface area contributed by atoms with Crippen LogP contribution in [0.15, 0.2) is 30.6 Å². The van der Waals surface area contributed by atoms with Gasteiger partial charge in [0.15, 0.2) is 6.67 Å². The van der Waals surface area contributed by atoms with Crippen molar-refractivity contribution in [3.05, 3.63) is 53.1 Å². The number of carboxylic acids is 1. The lowest BCUT2D eigenvalue weighted by Gasteiger charge is -2.39. The first-order chi connectivity index (χ1) is 13.1. The first-order valence-corrected chi connectivity index (χ1v) is 9.55. The van der Waals surface area contributed by atoms with Crippen LogP contribution in [-0.4, -0.2) is 48.4 Å². The van der Waals surface area contributed by atoms with Gasteiger partial charge in [0.25, 0.3) is 0 Å². The Morgan fingerprint density at radius 3 is 2.68 bits per heavy atom. The van der Waals surface area contributed by atoms with Gasteiger partial charge in [0, 0.05) is 38.1 Å². The molecule has 0 spiro atoms. The molecule has 150 valence electrons. The summed E-state index contributed by atoms with van der Waals surface area (Å²) < 4.78 is 1.29. The Balaban J connectivity index is 2.03. The van der Waals surface area contributed by atoms with Crippen LogP contribution in [0.25, 0.3) is 0 Å². The van der Waals surface area contributed by atoms with Crippen LogP contribution in [0.4, 0.5) is 4.79 Å². The Morgan fingerprint density at radius 2 is 2.04 bits per heavy atom. The highest BCUT2D eigenvalue weighted by Crippen LogP contribution is 2.39. The van der Waals surface area contributed by atoms with Gasteiger partial charge in [-0.2, -0.15) is 9.28 Å². The van der Waals surface area contributed by atoms with Gasteiger partial charge in [0.2, 0.25) is 5.54 Å². The van der Waals surface area contributed by atoms with Crippen molar-refractivity contribution in [1.82, 2.24) is 9.55 Å². The highest BCUT2D eigenvalue weighted by atomic mass is 16.4. The number of aliphatic carboxylic acids is 1. The molecule has 28 heavy (non-hydrogen) atoms. The highest BCUT2D eigenvalue weighted by molar-refractivity contribution is 5.79. The molecule has 3 rings (SSSR count). The van der Waals surface area contributed by atoms with Crippen LogP contribution in [0, 0.1) is 13.8 Å². The fraction of sp³-hybridized carbons (Fsp3) is 0.476. The van der Waals surface area contributed by atoms with E-state index in [9.17, 15) is 19.8 Å². The van der Waals surface area contributed by atoms with Crippen LogP contribution in [0.5, 0.6) is 0 Å². The van der Waals surface area contributed by atoms with E-state index in [0.717, 1.165) is 11.4 Å². The van der Waals surface area contributed by atoms with Gasteiger partial charge in [-0.05, 0) is 30.5 Å². The molecule has 7 heteroatoms. The molecule has 7 nitrogen and oxygen atoms in total. The van der Waals surface area contributed by atoms with Crippen LogP contribution in [0.1, 0.15) is 55.1 Å². The Bertz CT molecular complexity index is 922. The summed E-state index contributed by atoms with van der Waals surface area (Å²) in [7, 11) is 0. The summed E-state index contributed by atoms with van der Waals surface area (Å²) in [5.74, 6) is -0.369. The normalized spacial score (nSPS) is 25.6. The maximum Gasteiger partial charge on any atom is 0.515 e. The molecule has 1 aliphatic rings. The third kappa shape index (κ3) is 2.90. The summed E-state index contributed by atoms with van der Waals surface area (Å²) in [5, 5.41) is 19.9. The van der Waals surface area contributed by atoms with Crippen molar-refractivity contribution in [2.45, 2.75) is 58.7 Å². The molecule has 1 aliphatic heterocycles. The number of imidazole rings is 1. The number of quaternary nitrogens is 1. The van der Waals surface area contributed by atoms with E-state index in [1.54, 1.807) is 19.3 Å². The molecule has 1 amide bonds. The Hall–Kier alpha value is -2.67. The largest absolute Gasteiger partial charge is 0.515 e. The van der Waals surface area contributed by atoms with E-state index in [0.29, 0.717) is 12.8 Å². The van der Waals surface area contributed by atoms with Crippen LogP contribution < -0.4 is 0 Å². The maximum atomic E-state index is 12.3. The smallest absolute Gasteiger partial charge is 0.477 e. The van der Waals surface area contributed by atoms with Crippen molar-refractivity contribution >= 4 is 12.1 Å². The number of likely N-dealkylation sites (tertiary alicyclic amines) is 1. The van der Waals surface area contributed by atoms with Crippen molar-refractivity contribution in [2.24, 2.45) is 0 Å². The first-order valence-electron chi connectivity index (χ1n) is 9.55. The molecule has 2 N–H and O–H groups in total. The fourth-order valence-electron chi connectivity index (χ4n) is 4.50. The van der Waals surface area contributed by atoms with Gasteiger partial charge in [-0.25, -0.2) is 9.78 Å². The van der Waals surface area contributed by atoms with Crippen LogP contribution in [-0.2, 0) is 11.5 Å². The summed E-state index contributed by atoms with van der Waals surface area (Å²) in [6, 6.07) is 6.13. The van der Waals surface area contributed by atoms with E-state index in [-0.39, 0.29) is 19.1 Å². The molecule has 0 aliphatic carbocycles. The maximum absolute atomic E-state index is 12.3. The summed E-state index contributed by atoms with van der Waals surface area (Å²) in [6.07, 6.45) is 3.20. The molecule has 2 aromatic rings. The van der Waals surface area contributed by atoms with E-state index in [4.69, 9.17) is 0 Å². The van der Waals surface area contributed by atoms with E-state index in [2.05, 4.69) is 31.0 Å². The van der Waals surface area contributed by atoms with Crippen LogP contribution in [0.3, 0.4) is 0 Å². The molecule has 1 aromatic carbocycles.